The lowest BCUT2D eigenvalue weighted by molar-refractivity contribution is 0.0600. The van der Waals surface area contributed by atoms with Gasteiger partial charge in [-0.2, -0.15) is 0 Å². The number of ether oxygens (including phenoxy) is 1. The van der Waals surface area contributed by atoms with Crippen molar-refractivity contribution in [1.29, 1.82) is 0 Å². The number of benzene rings is 1. The van der Waals surface area contributed by atoms with Gasteiger partial charge in [0.2, 0.25) is 0 Å². The molecule has 0 fully saturated rings. The van der Waals surface area contributed by atoms with Crippen molar-refractivity contribution in [3.63, 3.8) is 0 Å². The highest BCUT2D eigenvalue weighted by molar-refractivity contribution is 5.89. The molecule has 0 aliphatic heterocycles. The molecule has 1 heterocycles. The lowest BCUT2D eigenvalue weighted by Crippen LogP contribution is -2.15. The van der Waals surface area contributed by atoms with E-state index in [-0.39, 0.29) is 0 Å². The zero-order valence-corrected chi connectivity index (χ0v) is 15.9. The Bertz CT molecular complexity index is 741. The predicted molar refractivity (Wildman–Crippen MR) is 101 cm³/mol. The number of esters is 1. The van der Waals surface area contributed by atoms with Crippen LogP contribution in [-0.4, -0.2) is 23.2 Å². The molecule has 0 saturated heterocycles. The standard InChI is InChI=1S/C19H21NO3.C2H6/c1-12-6-8-15(19(3,4)22)10-16(12)13(2)17-9-7-14(11-20-17)18(21)23-5;1-2/h6-11,22H,2H2,1,3-5H3;1-2H3. The molecule has 0 unspecified atom stereocenters. The fourth-order valence-electron chi connectivity index (χ4n) is 2.28. The molecule has 0 bridgehead atoms. The van der Waals surface area contributed by atoms with Gasteiger partial charge in [0.25, 0.3) is 0 Å². The first-order chi connectivity index (χ1) is 11.7. The molecule has 0 aliphatic rings. The van der Waals surface area contributed by atoms with Crippen molar-refractivity contribution in [3.05, 3.63) is 71.1 Å². The third-order valence-electron chi connectivity index (χ3n) is 3.76. The molecule has 0 aliphatic carbocycles. The maximum absolute atomic E-state index is 11.5. The van der Waals surface area contributed by atoms with E-state index in [1.54, 1.807) is 26.0 Å². The molecule has 1 N–H and O–H groups in total. The Morgan fingerprint density at radius 3 is 2.32 bits per heavy atom. The van der Waals surface area contributed by atoms with Crippen molar-refractivity contribution in [2.75, 3.05) is 7.11 Å². The van der Waals surface area contributed by atoms with Crippen LogP contribution >= 0.6 is 0 Å². The molecule has 1 aromatic carbocycles. The zero-order valence-electron chi connectivity index (χ0n) is 15.9. The summed E-state index contributed by atoms with van der Waals surface area (Å²) in [5.74, 6) is -0.421. The first-order valence-electron chi connectivity index (χ1n) is 8.31. The SMILES string of the molecule is C=C(c1ccc(C(=O)OC)cn1)c1cc(C(C)(C)O)ccc1C.CC. The molecule has 4 heteroatoms. The van der Waals surface area contributed by atoms with Crippen LogP contribution in [0.15, 0.2) is 43.1 Å². The second-order valence-electron chi connectivity index (χ2n) is 5.99. The van der Waals surface area contributed by atoms with E-state index < -0.39 is 11.6 Å². The van der Waals surface area contributed by atoms with Crippen LogP contribution in [0.3, 0.4) is 0 Å². The molecular weight excluding hydrogens is 314 g/mol. The van der Waals surface area contributed by atoms with Crippen LogP contribution in [0.25, 0.3) is 5.57 Å². The van der Waals surface area contributed by atoms with Crippen LogP contribution in [0, 0.1) is 6.92 Å². The van der Waals surface area contributed by atoms with Crippen molar-refractivity contribution < 1.29 is 14.6 Å². The number of aryl methyl sites for hydroxylation is 1. The number of nitrogens with zero attached hydrogens (tertiary/aromatic N) is 1. The van der Waals surface area contributed by atoms with E-state index >= 15 is 0 Å². The molecular formula is C21H27NO3. The van der Waals surface area contributed by atoms with Gasteiger partial charge in [-0.3, -0.25) is 4.98 Å². The monoisotopic (exact) mass is 341 g/mol. The summed E-state index contributed by atoms with van der Waals surface area (Å²) < 4.78 is 4.66. The fourth-order valence-corrected chi connectivity index (χ4v) is 2.28. The van der Waals surface area contributed by atoms with Crippen LogP contribution in [0.1, 0.15) is 60.4 Å². The van der Waals surface area contributed by atoms with Crippen molar-refractivity contribution in [2.45, 2.75) is 40.2 Å². The fraction of sp³-hybridized carbons (Fsp3) is 0.333. The molecule has 0 spiro atoms. The van der Waals surface area contributed by atoms with Crippen LogP contribution in [0.2, 0.25) is 0 Å². The minimum absolute atomic E-state index is 0.394. The van der Waals surface area contributed by atoms with E-state index in [1.165, 1.54) is 13.3 Å². The maximum Gasteiger partial charge on any atom is 0.339 e. The number of hydrogen-bond acceptors (Lipinski definition) is 4. The van der Waals surface area contributed by atoms with Gasteiger partial charge >= 0.3 is 5.97 Å². The lowest BCUT2D eigenvalue weighted by Gasteiger charge is -2.20. The van der Waals surface area contributed by atoms with E-state index in [4.69, 9.17) is 0 Å². The van der Waals surface area contributed by atoms with Crippen molar-refractivity contribution in [3.8, 4) is 0 Å². The maximum atomic E-state index is 11.5. The molecule has 0 radical (unpaired) electrons. The normalized spacial score (nSPS) is 10.5. The largest absolute Gasteiger partial charge is 0.465 e. The van der Waals surface area contributed by atoms with Crippen LogP contribution in [0.4, 0.5) is 0 Å². The summed E-state index contributed by atoms with van der Waals surface area (Å²) in [6, 6.07) is 9.18. The number of carbonyl (C=O) groups excluding carboxylic acids is 1. The Kier molecular flexibility index (Phi) is 7.07. The van der Waals surface area contributed by atoms with Gasteiger partial charge in [0.1, 0.15) is 0 Å². The lowest BCUT2D eigenvalue weighted by atomic mass is 9.91. The highest BCUT2D eigenvalue weighted by Crippen LogP contribution is 2.28. The van der Waals surface area contributed by atoms with Crippen LogP contribution < -0.4 is 0 Å². The average Bonchev–Trinajstić information content (AvgIpc) is 2.61. The summed E-state index contributed by atoms with van der Waals surface area (Å²) in [5.41, 5.74) is 3.66. The smallest absolute Gasteiger partial charge is 0.339 e. The molecule has 0 atom stereocenters. The van der Waals surface area contributed by atoms with Gasteiger partial charge in [0.05, 0.1) is 24.0 Å². The summed E-state index contributed by atoms with van der Waals surface area (Å²) in [6.45, 7) is 13.6. The van der Waals surface area contributed by atoms with E-state index in [9.17, 15) is 9.90 Å². The number of methoxy groups -OCH3 is 1. The number of pyridine rings is 1. The van der Waals surface area contributed by atoms with Crippen LogP contribution in [0.5, 0.6) is 0 Å². The van der Waals surface area contributed by atoms with Gasteiger partial charge in [-0.15, -0.1) is 0 Å². The molecule has 4 nitrogen and oxygen atoms in total. The first kappa shape index (κ1) is 20.6. The average molecular weight is 341 g/mol. The second-order valence-corrected chi connectivity index (χ2v) is 5.99. The summed E-state index contributed by atoms with van der Waals surface area (Å²) in [5, 5.41) is 10.2. The van der Waals surface area contributed by atoms with Crippen molar-refractivity contribution in [2.24, 2.45) is 0 Å². The topological polar surface area (TPSA) is 59.4 Å². The number of rotatable bonds is 4. The second kappa shape index (κ2) is 8.58. The molecule has 1 aromatic heterocycles. The quantitative estimate of drug-likeness (QED) is 0.832. The summed E-state index contributed by atoms with van der Waals surface area (Å²) in [6.07, 6.45) is 1.47. The third-order valence-corrected chi connectivity index (χ3v) is 3.76. The van der Waals surface area contributed by atoms with Gasteiger partial charge in [-0.25, -0.2) is 4.79 Å². The van der Waals surface area contributed by atoms with Gasteiger partial charge in [-0.1, -0.05) is 32.6 Å². The predicted octanol–water partition coefficient (Wildman–Crippen LogP) is 4.49. The van der Waals surface area contributed by atoms with Crippen molar-refractivity contribution in [1.82, 2.24) is 4.98 Å². The van der Waals surface area contributed by atoms with E-state index in [1.807, 2.05) is 39.0 Å². The minimum atomic E-state index is -0.926. The molecule has 2 aromatic rings. The highest BCUT2D eigenvalue weighted by atomic mass is 16.5. The zero-order chi connectivity index (χ0) is 19.2. The number of aromatic nitrogens is 1. The Morgan fingerprint density at radius 1 is 1.20 bits per heavy atom. The Hall–Kier alpha value is -2.46. The first-order valence-corrected chi connectivity index (χ1v) is 8.31. The van der Waals surface area contributed by atoms with Crippen LogP contribution in [-0.2, 0) is 10.3 Å². The third kappa shape index (κ3) is 5.00. The minimum Gasteiger partial charge on any atom is -0.465 e. The van der Waals surface area contributed by atoms with Gasteiger partial charge in [0, 0.05) is 11.8 Å². The Balaban J connectivity index is 0.00000151. The summed E-state index contributed by atoms with van der Waals surface area (Å²) >= 11 is 0. The number of aliphatic hydroxyl groups is 1. The van der Waals surface area contributed by atoms with Crippen molar-refractivity contribution >= 4 is 11.5 Å². The molecule has 2 rings (SSSR count). The summed E-state index contributed by atoms with van der Waals surface area (Å²) in [7, 11) is 1.33. The van der Waals surface area contributed by atoms with E-state index in [0.29, 0.717) is 11.3 Å². The highest BCUT2D eigenvalue weighted by Gasteiger charge is 2.18. The molecule has 0 amide bonds. The summed E-state index contributed by atoms with van der Waals surface area (Å²) in [4.78, 5) is 15.8. The van der Waals surface area contributed by atoms with Gasteiger partial charge in [0.15, 0.2) is 0 Å². The van der Waals surface area contributed by atoms with Gasteiger partial charge < -0.3 is 9.84 Å². The molecule has 25 heavy (non-hydrogen) atoms. The molecule has 134 valence electrons. The number of hydrogen-bond donors (Lipinski definition) is 1. The Morgan fingerprint density at radius 2 is 1.84 bits per heavy atom. The van der Waals surface area contributed by atoms with E-state index in [0.717, 1.165) is 22.3 Å². The van der Waals surface area contributed by atoms with E-state index in [2.05, 4.69) is 16.3 Å². The Labute approximate surface area is 150 Å². The molecule has 0 saturated carbocycles. The number of carbonyl (C=O) groups is 1. The van der Waals surface area contributed by atoms with Gasteiger partial charge in [-0.05, 0) is 55.7 Å².